The van der Waals surface area contributed by atoms with Gasteiger partial charge in [-0.2, -0.15) is 0 Å². The quantitative estimate of drug-likeness (QED) is 0.838. The number of carbonyl (C=O) groups excluding carboxylic acids is 1. The molecule has 5 nitrogen and oxygen atoms in total. The summed E-state index contributed by atoms with van der Waals surface area (Å²) in [5.41, 5.74) is 1.73. The zero-order valence-corrected chi connectivity index (χ0v) is 14.6. The maximum absolute atomic E-state index is 12.7. The van der Waals surface area contributed by atoms with Gasteiger partial charge in [-0.15, -0.1) is 0 Å². The van der Waals surface area contributed by atoms with Crippen molar-refractivity contribution in [1.82, 2.24) is 15.3 Å². The maximum atomic E-state index is 12.7. The predicted molar refractivity (Wildman–Crippen MR) is 92.0 cm³/mol. The number of nitrogens with one attached hydrogen (secondary N) is 2. The van der Waals surface area contributed by atoms with Crippen molar-refractivity contribution in [3.05, 3.63) is 39.6 Å². The van der Waals surface area contributed by atoms with Gasteiger partial charge >= 0.3 is 0 Å². The Morgan fingerprint density at radius 3 is 2.58 bits per heavy atom. The molecule has 1 unspecified atom stereocenters. The average Bonchev–Trinajstić information content (AvgIpc) is 3.32. The van der Waals surface area contributed by atoms with Crippen molar-refractivity contribution in [2.24, 2.45) is 17.3 Å². The molecular weight excluding hydrogens is 302 g/mol. The fourth-order valence-corrected chi connectivity index (χ4v) is 4.53. The van der Waals surface area contributed by atoms with Gasteiger partial charge in [0.15, 0.2) is 0 Å². The maximum Gasteiger partial charge on any atom is 0.264 e. The molecule has 0 aliphatic heterocycles. The topological polar surface area (TPSA) is 74.8 Å². The second-order valence-electron chi connectivity index (χ2n) is 8.33. The summed E-state index contributed by atoms with van der Waals surface area (Å²) in [5, 5.41) is 3.03. The molecule has 0 aromatic carbocycles. The van der Waals surface area contributed by atoms with Crippen LogP contribution in [0.5, 0.6) is 0 Å². The highest BCUT2D eigenvalue weighted by atomic mass is 16.2. The Labute approximate surface area is 142 Å². The standard InChI is InChI=1S/C19H25N3O2/c1-9-13-7-12(19(13,3)4)8-14(9)21-17(23)15-10(2)20-16(11-5-6-11)22-18(15)24/h11-14H,1,5-8H2,2-4H3,(H,21,23)(H,20,22,24)/t12-,13+,14?/m1/s1. The van der Waals surface area contributed by atoms with Crippen LogP contribution in [0.1, 0.15) is 67.3 Å². The highest BCUT2D eigenvalue weighted by Gasteiger charge is 2.54. The van der Waals surface area contributed by atoms with Crippen LogP contribution in [-0.4, -0.2) is 21.9 Å². The van der Waals surface area contributed by atoms with Crippen LogP contribution in [0.15, 0.2) is 16.9 Å². The average molecular weight is 327 g/mol. The summed E-state index contributed by atoms with van der Waals surface area (Å²) in [6.07, 6.45) is 4.22. The number of nitrogens with zero attached hydrogens (tertiary/aromatic N) is 1. The highest BCUT2D eigenvalue weighted by molar-refractivity contribution is 5.95. The first kappa shape index (κ1) is 15.6. The molecule has 4 fully saturated rings. The Kier molecular flexibility index (Phi) is 3.28. The minimum Gasteiger partial charge on any atom is -0.345 e. The van der Waals surface area contributed by atoms with Crippen molar-refractivity contribution in [2.45, 2.75) is 58.4 Å². The van der Waals surface area contributed by atoms with E-state index in [2.05, 4.69) is 35.7 Å². The van der Waals surface area contributed by atoms with E-state index in [9.17, 15) is 9.59 Å². The van der Waals surface area contributed by atoms with E-state index in [1.807, 2.05) is 0 Å². The molecule has 128 valence electrons. The molecule has 0 radical (unpaired) electrons. The predicted octanol–water partition coefficient (Wildman–Crippen LogP) is 2.68. The van der Waals surface area contributed by atoms with Crippen molar-refractivity contribution in [2.75, 3.05) is 0 Å². The van der Waals surface area contributed by atoms with Crippen LogP contribution in [0, 0.1) is 24.2 Å². The fraction of sp³-hybridized carbons (Fsp3) is 0.632. The first-order valence-electron chi connectivity index (χ1n) is 8.89. The van der Waals surface area contributed by atoms with Crippen molar-refractivity contribution in [3.63, 3.8) is 0 Å². The number of hydrogen-bond donors (Lipinski definition) is 2. The lowest BCUT2D eigenvalue weighted by atomic mass is 9.46. The minimum absolute atomic E-state index is 0.0313. The monoisotopic (exact) mass is 327 g/mol. The molecule has 0 saturated heterocycles. The molecule has 24 heavy (non-hydrogen) atoms. The minimum atomic E-state index is -0.325. The van der Waals surface area contributed by atoms with Crippen LogP contribution < -0.4 is 10.9 Å². The van der Waals surface area contributed by atoms with Gasteiger partial charge in [-0.05, 0) is 49.9 Å². The number of H-pyrrole nitrogens is 1. The number of rotatable bonds is 3. The van der Waals surface area contributed by atoms with Crippen LogP contribution in [0.3, 0.4) is 0 Å². The molecule has 5 heteroatoms. The zero-order valence-electron chi connectivity index (χ0n) is 14.6. The van der Waals surface area contributed by atoms with E-state index in [-0.39, 0.29) is 23.1 Å². The Morgan fingerprint density at radius 2 is 2.04 bits per heavy atom. The molecule has 4 aliphatic carbocycles. The molecule has 2 bridgehead atoms. The number of aryl methyl sites for hydroxylation is 1. The van der Waals surface area contributed by atoms with E-state index in [0.29, 0.717) is 28.9 Å². The number of aromatic nitrogens is 2. The summed E-state index contributed by atoms with van der Waals surface area (Å²) in [7, 11) is 0. The summed E-state index contributed by atoms with van der Waals surface area (Å²) in [6, 6.07) is -0.0313. The van der Waals surface area contributed by atoms with Crippen molar-refractivity contribution >= 4 is 5.91 Å². The van der Waals surface area contributed by atoms with Gasteiger partial charge in [-0.1, -0.05) is 26.0 Å². The van der Waals surface area contributed by atoms with Gasteiger partial charge in [0.1, 0.15) is 11.4 Å². The summed E-state index contributed by atoms with van der Waals surface area (Å²) in [6.45, 7) is 10.5. The van der Waals surface area contributed by atoms with Crippen molar-refractivity contribution in [1.29, 1.82) is 0 Å². The van der Waals surface area contributed by atoms with Crippen LogP contribution >= 0.6 is 0 Å². The number of amides is 1. The van der Waals surface area contributed by atoms with Crippen molar-refractivity contribution in [3.8, 4) is 0 Å². The van der Waals surface area contributed by atoms with Gasteiger partial charge in [0.2, 0.25) is 0 Å². The number of hydrogen-bond acceptors (Lipinski definition) is 3. The van der Waals surface area contributed by atoms with Gasteiger partial charge in [-0.3, -0.25) is 9.59 Å². The Hall–Kier alpha value is -1.91. The molecule has 4 aliphatic rings. The van der Waals surface area contributed by atoms with Crippen LogP contribution in [0.25, 0.3) is 0 Å². The molecule has 1 aromatic heterocycles. The lowest BCUT2D eigenvalue weighted by molar-refractivity contribution is -0.0374. The lowest BCUT2D eigenvalue weighted by Crippen LogP contribution is -2.57. The molecule has 5 rings (SSSR count). The highest BCUT2D eigenvalue weighted by Crippen LogP contribution is 2.60. The van der Waals surface area contributed by atoms with Gasteiger partial charge in [0.05, 0.1) is 11.7 Å². The normalized spacial score (nSPS) is 30.6. The molecule has 4 saturated carbocycles. The number of carbonyl (C=O) groups is 1. The van der Waals surface area contributed by atoms with E-state index in [0.717, 1.165) is 30.7 Å². The molecule has 1 aromatic rings. The summed E-state index contributed by atoms with van der Waals surface area (Å²) < 4.78 is 0. The van der Waals surface area contributed by atoms with Crippen LogP contribution in [0.4, 0.5) is 0 Å². The van der Waals surface area contributed by atoms with E-state index >= 15 is 0 Å². The Morgan fingerprint density at radius 1 is 1.33 bits per heavy atom. The largest absolute Gasteiger partial charge is 0.345 e. The molecule has 2 N–H and O–H groups in total. The molecular formula is C19H25N3O2. The third kappa shape index (κ3) is 2.25. The van der Waals surface area contributed by atoms with E-state index in [1.54, 1.807) is 6.92 Å². The first-order chi connectivity index (χ1) is 11.3. The summed E-state index contributed by atoms with van der Waals surface area (Å²) >= 11 is 0. The first-order valence-corrected chi connectivity index (χ1v) is 8.89. The van der Waals surface area contributed by atoms with E-state index < -0.39 is 0 Å². The zero-order chi connectivity index (χ0) is 17.2. The van der Waals surface area contributed by atoms with Crippen LogP contribution in [-0.2, 0) is 0 Å². The summed E-state index contributed by atoms with van der Waals surface area (Å²) in [5.74, 6) is 1.85. The van der Waals surface area contributed by atoms with Gasteiger partial charge in [0.25, 0.3) is 11.5 Å². The Bertz CT molecular complexity index is 788. The van der Waals surface area contributed by atoms with E-state index in [1.165, 1.54) is 6.42 Å². The molecule has 1 amide bonds. The van der Waals surface area contributed by atoms with Gasteiger partial charge < -0.3 is 10.3 Å². The molecule has 1 heterocycles. The lowest BCUT2D eigenvalue weighted by Gasteiger charge is -2.60. The fourth-order valence-electron chi connectivity index (χ4n) is 4.53. The summed E-state index contributed by atoms with van der Waals surface area (Å²) in [4.78, 5) is 32.2. The van der Waals surface area contributed by atoms with Crippen LogP contribution in [0.2, 0.25) is 0 Å². The van der Waals surface area contributed by atoms with Gasteiger partial charge in [-0.25, -0.2) is 4.98 Å². The van der Waals surface area contributed by atoms with Gasteiger partial charge in [0, 0.05) is 5.92 Å². The second-order valence-corrected chi connectivity index (χ2v) is 8.33. The molecule has 3 atom stereocenters. The molecule has 0 spiro atoms. The van der Waals surface area contributed by atoms with Crippen molar-refractivity contribution < 1.29 is 4.79 Å². The third-order valence-electron chi connectivity index (χ3n) is 6.50. The Balaban J connectivity index is 1.53. The van der Waals surface area contributed by atoms with E-state index in [4.69, 9.17) is 0 Å². The number of fused-ring (bicyclic) bond motifs is 2. The third-order valence-corrected chi connectivity index (χ3v) is 6.50. The second kappa shape index (κ2) is 5.04. The number of aromatic amines is 1. The smallest absolute Gasteiger partial charge is 0.264 e. The SMILES string of the molecule is C=C1C(NC(=O)c2c(C)nc(C3CC3)[nH]c2=O)C[C@H]2C[C@@H]1C2(C)C.